The smallest absolute Gasteiger partial charge is 0.123 e. The van der Waals surface area contributed by atoms with E-state index in [4.69, 9.17) is 10.00 Å². The highest BCUT2D eigenvalue weighted by atomic mass is 19.1. The molecule has 0 fully saturated rings. The second kappa shape index (κ2) is 6.07. The summed E-state index contributed by atoms with van der Waals surface area (Å²) in [5.74, 6) is 0.476. The zero-order chi connectivity index (χ0) is 14.5. The Hall–Kier alpha value is -2.54. The highest BCUT2D eigenvalue weighted by Gasteiger charge is 2.08. The van der Waals surface area contributed by atoms with Crippen molar-refractivity contribution in [2.45, 2.75) is 6.54 Å². The van der Waals surface area contributed by atoms with Crippen LogP contribution < -0.4 is 9.64 Å². The molecule has 4 heteroatoms. The predicted octanol–water partition coefficient (Wildman–Crippen LogP) is 3.34. The van der Waals surface area contributed by atoms with Crippen LogP contribution >= 0.6 is 0 Å². The maximum Gasteiger partial charge on any atom is 0.123 e. The summed E-state index contributed by atoms with van der Waals surface area (Å²) in [7, 11) is 3.51. The van der Waals surface area contributed by atoms with Crippen molar-refractivity contribution >= 4 is 5.69 Å². The molecule has 0 radical (unpaired) electrons. The second-order valence-corrected chi connectivity index (χ2v) is 4.47. The fraction of sp³-hybridized carbons (Fsp3) is 0.188. The number of nitrogens with zero attached hydrogens (tertiary/aromatic N) is 2. The van der Waals surface area contributed by atoms with Gasteiger partial charge in [-0.1, -0.05) is 0 Å². The zero-order valence-corrected chi connectivity index (χ0v) is 11.4. The van der Waals surface area contributed by atoms with E-state index in [2.05, 4.69) is 6.07 Å². The van der Waals surface area contributed by atoms with Crippen LogP contribution in [-0.2, 0) is 6.54 Å². The molecule has 0 aliphatic rings. The highest BCUT2D eigenvalue weighted by Crippen LogP contribution is 2.23. The Bertz CT molecular complexity index is 632. The summed E-state index contributed by atoms with van der Waals surface area (Å²) < 4.78 is 18.2. The lowest BCUT2D eigenvalue weighted by molar-refractivity contribution is 0.409. The number of benzene rings is 2. The first-order valence-electron chi connectivity index (χ1n) is 6.17. The van der Waals surface area contributed by atoms with Gasteiger partial charge in [-0.3, -0.25) is 0 Å². The molecular formula is C16H15FN2O. The van der Waals surface area contributed by atoms with E-state index >= 15 is 0 Å². The lowest BCUT2D eigenvalue weighted by atomic mass is 10.1. The van der Waals surface area contributed by atoms with Gasteiger partial charge in [0.15, 0.2) is 0 Å². The molecule has 0 amide bonds. The van der Waals surface area contributed by atoms with Crippen LogP contribution in [0.5, 0.6) is 5.75 Å². The van der Waals surface area contributed by atoms with E-state index in [0.717, 1.165) is 17.0 Å². The Morgan fingerprint density at radius 3 is 2.50 bits per heavy atom. The highest BCUT2D eigenvalue weighted by molar-refractivity contribution is 5.49. The van der Waals surface area contributed by atoms with Crippen molar-refractivity contribution in [2.24, 2.45) is 0 Å². The lowest BCUT2D eigenvalue weighted by Crippen LogP contribution is -2.17. The molecule has 0 saturated heterocycles. The minimum absolute atomic E-state index is 0.258. The Labute approximate surface area is 117 Å². The first kappa shape index (κ1) is 13.9. The average molecular weight is 270 g/mol. The van der Waals surface area contributed by atoms with Gasteiger partial charge < -0.3 is 9.64 Å². The van der Waals surface area contributed by atoms with Crippen LogP contribution in [0.25, 0.3) is 0 Å². The van der Waals surface area contributed by atoms with Gasteiger partial charge >= 0.3 is 0 Å². The summed E-state index contributed by atoms with van der Waals surface area (Å²) in [6.45, 7) is 0.574. The lowest BCUT2D eigenvalue weighted by Gasteiger charge is -2.21. The fourth-order valence-corrected chi connectivity index (χ4v) is 2.01. The van der Waals surface area contributed by atoms with Crippen molar-refractivity contribution in [1.82, 2.24) is 0 Å². The number of halogens is 1. The van der Waals surface area contributed by atoms with Crippen LogP contribution in [-0.4, -0.2) is 14.2 Å². The molecule has 2 aromatic carbocycles. The summed E-state index contributed by atoms with van der Waals surface area (Å²) in [5.41, 5.74) is 2.41. The third-order valence-electron chi connectivity index (χ3n) is 3.08. The number of ether oxygens (including phenoxy) is 1. The monoisotopic (exact) mass is 270 g/mol. The van der Waals surface area contributed by atoms with E-state index in [0.29, 0.717) is 12.1 Å². The van der Waals surface area contributed by atoms with Gasteiger partial charge in [0.25, 0.3) is 0 Å². The van der Waals surface area contributed by atoms with Crippen molar-refractivity contribution in [3.05, 3.63) is 59.4 Å². The molecule has 0 saturated carbocycles. The summed E-state index contributed by atoms with van der Waals surface area (Å²) in [5, 5.41) is 8.96. The zero-order valence-electron chi connectivity index (χ0n) is 11.4. The van der Waals surface area contributed by atoms with Gasteiger partial charge in [-0.15, -0.1) is 0 Å². The van der Waals surface area contributed by atoms with Gasteiger partial charge in [-0.2, -0.15) is 5.26 Å². The molecule has 20 heavy (non-hydrogen) atoms. The molecule has 0 spiro atoms. The van der Waals surface area contributed by atoms with Crippen LogP contribution in [0, 0.1) is 17.1 Å². The molecule has 2 rings (SSSR count). The van der Waals surface area contributed by atoms with E-state index in [-0.39, 0.29) is 5.82 Å². The van der Waals surface area contributed by atoms with E-state index < -0.39 is 0 Å². The molecule has 2 aromatic rings. The summed E-state index contributed by atoms with van der Waals surface area (Å²) >= 11 is 0. The molecule has 0 aliphatic carbocycles. The molecule has 0 atom stereocenters. The normalized spacial score (nSPS) is 9.90. The third-order valence-corrected chi connectivity index (χ3v) is 3.08. The van der Waals surface area contributed by atoms with E-state index in [1.807, 2.05) is 11.9 Å². The quantitative estimate of drug-likeness (QED) is 0.855. The number of anilines is 1. The number of nitriles is 1. The molecule has 3 nitrogen and oxygen atoms in total. The topological polar surface area (TPSA) is 36.3 Å². The molecular weight excluding hydrogens is 255 g/mol. The molecule has 0 heterocycles. The van der Waals surface area contributed by atoms with Crippen molar-refractivity contribution in [3.63, 3.8) is 0 Å². The van der Waals surface area contributed by atoms with Crippen LogP contribution in [0.15, 0.2) is 42.5 Å². The van der Waals surface area contributed by atoms with Gasteiger partial charge in [-0.05, 0) is 42.5 Å². The third kappa shape index (κ3) is 3.07. The Morgan fingerprint density at radius 1 is 1.20 bits per heavy atom. The Balaban J connectivity index is 2.24. The molecule has 0 aromatic heterocycles. The minimum Gasteiger partial charge on any atom is -0.496 e. The largest absolute Gasteiger partial charge is 0.496 e. The first-order chi connectivity index (χ1) is 9.63. The molecule has 102 valence electrons. The van der Waals surface area contributed by atoms with Crippen molar-refractivity contribution in [1.29, 1.82) is 5.26 Å². The van der Waals surface area contributed by atoms with Crippen LogP contribution in [0.2, 0.25) is 0 Å². The number of hydrogen-bond donors (Lipinski definition) is 0. The van der Waals surface area contributed by atoms with Crippen LogP contribution in [0.3, 0.4) is 0 Å². The summed E-state index contributed by atoms with van der Waals surface area (Å²) in [6.07, 6.45) is 0. The molecule has 0 aliphatic heterocycles. The number of rotatable bonds is 4. The fourth-order valence-electron chi connectivity index (χ4n) is 2.01. The minimum atomic E-state index is -0.258. The predicted molar refractivity (Wildman–Crippen MR) is 76.2 cm³/mol. The van der Waals surface area contributed by atoms with Crippen molar-refractivity contribution in [3.8, 4) is 11.8 Å². The number of methoxy groups -OCH3 is 1. The van der Waals surface area contributed by atoms with Gasteiger partial charge in [0.1, 0.15) is 11.6 Å². The standard InChI is InChI=1S/C16H15FN2O/c1-19(15-6-4-14(17)5-7-15)11-13-9-12(10-18)3-8-16(13)20-2/h3-9H,11H2,1-2H3. The van der Waals surface area contributed by atoms with Crippen molar-refractivity contribution in [2.75, 3.05) is 19.1 Å². The van der Waals surface area contributed by atoms with Crippen LogP contribution in [0.4, 0.5) is 10.1 Å². The van der Waals surface area contributed by atoms with Gasteiger partial charge in [0.2, 0.25) is 0 Å². The average Bonchev–Trinajstić information content (AvgIpc) is 2.47. The van der Waals surface area contributed by atoms with Gasteiger partial charge in [-0.25, -0.2) is 4.39 Å². The van der Waals surface area contributed by atoms with Gasteiger partial charge in [0.05, 0.1) is 18.7 Å². The molecule has 0 bridgehead atoms. The molecule has 0 N–H and O–H groups in total. The Kier molecular flexibility index (Phi) is 4.21. The van der Waals surface area contributed by atoms with Gasteiger partial charge in [0, 0.05) is 24.8 Å². The van der Waals surface area contributed by atoms with Crippen molar-refractivity contribution < 1.29 is 9.13 Å². The first-order valence-corrected chi connectivity index (χ1v) is 6.17. The van der Waals surface area contributed by atoms with E-state index in [1.165, 1.54) is 12.1 Å². The Morgan fingerprint density at radius 2 is 1.90 bits per heavy atom. The van der Waals surface area contributed by atoms with Crippen LogP contribution in [0.1, 0.15) is 11.1 Å². The van der Waals surface area contributed by atoms with E-state index in [9.17, 15) is 4.39 Å². The molecule has 0 unspecified atom stereocenters. The summed E-state index contributed by atoms with van der Waals surface area (Å²) in [4.78, 5) is 1.97. The second-order valence-electron chi connectivity index (χ2n) is 4.47. The maximum absolute atomic E-state index is 12.9. The van der Waals surface area contributed by atoms with E-state index in [1.54, 1.807) is 37.4 Å². The summed E-state index contributed by atoms with van der Waals surface area (Å²) in [6, 6.07) is 13.7. The SMILES string of the molecule is COc1ccc(C#N)cc1CN(C)c1ccc(F)cc1. The maximum atomic E-state index is 12.9. The number of hydrogen-bond acceptors (Lipinski definition) is 3.